The Hall–Kier alpha value is -1.83. The number of ether oxygens (including phenoxy) is 1. The van der Waals surface area contributed by atoms with Crippen molar-refractivity contribution in [3.63, 3.8) is 0 Å². The van der Waals surface area contributed by atoms with Crippen LogP contribution in [0.15, 0.2) is 48.5 Å². The van der Waals surface area contributed by atoms with Crippen LogP contribution in [-0.2, 0) is 6.61 Å². The Labute approximate surface area is 108 Å². The summed E-state index contributed by atoms with van der Waals surface area (Å²) in [6, 6.07) is 14.7. The molecule has 0 saturated carbocycles. The maximum atomic E-state index is 13.2. The first-order valence-corrected chi connectivity index (χ1v) is 6.18. The molecule has 2 rings (SSSR count). The molecule has 2 aromatic rings. The van der Waals surface area contributed by atoms with Crippen molar-refractivity contribution in [2.24, 2.45) is 0 Å². The molecule has 0 radical (unpaired) electrons. The van der Waals surface area contributed by atoms with Gasteiger partial charge in [0.25, 0.3) is 0 Å². The second kappa shape index (κ2) is 7.49. The minimum absolute atomic E-state index is 0.231. The second-order valence-corrected chi connectivity index (χ2v) is 3.69. The molecule has 0 aliphatic heterocycles. The first-order chi connectivity index (χ1) is 8.75. The van der Waals surface area contributed by atoms with Crippen LogP contribution in [0.5, 0.6) is 5.75 Å². The molecular weight excluding hydrogens is 227 g/mol. The summed E-state index contributed by atoms with van der Waals surface area (Å²) in [4.78, 5) is 0. The molecule has 1 nitrogen and oxygen atoms in total. The highest BCUT2D eigenvalue weighted by molar-refractivity contribution is 5.28. The van der Waals surface area contributed by atoms with Gasteiger partial charge in [0.15, 0.2) is 0 Å². The predicted molar refractivity (Wildman–Crippen MR) is 73.3 cm³/mol. The molecule has 96 valence electrons. The van der Waals surface area contributed by atoms with E-state index in [4.69, 9.17) is 4.74 Å². The van der Waals surface area contributed by atoms with Crippen molar-refractivity contribution in [3.8, 4) is 5.75 Å². The molecule has 0 fully saturated rings. The second-order valence-electron chi connectivity index (χ2n) is 3.69. The minimum atomic E-state index is -0.231. The summed E-state index contributed by atoms with van der Waals surface area (Å²) >= 11 is 0. The summed E-state index contributed by atoms with van der Waals surface area (Å²) in [6.45, 7) is 6.19. The van der Waals surface area contributed by atoms with Gasteiger partial charge in [-0.2, -0.15) is 0 Å². The fraction of sp³-hybridized carbons (Fsp3) is 0.250. The Morgan fingerprint density at radius 2 is 1.67 bits per heavy atom. The Morgan fingerprint density at radius 1 is 1.00 bits per heavy atom. The van der Waals surface area contributed by atoms with Crippen LogP contribution >= 0.6 is 0 Å². The van der Waals surface area contributed by atoms with Gasteiger partial charge in [0.05, 0.1) is 0 Å². The SMILES string of the molecule is CC.Cc1ccc(OCc2ccccc2)cc1F. The highest BCUT2D eigenvalue weighted by Crippen LogP contribution is 2.17. The number of aryl methyl sites for hydroxylation is 1. The quantitative estimate of drug-likeness (QED) is 0.760. The third-order valence-electron chi connectivity index (χ3n) is 2.39. The van der Waals surface area contributed by atoms with Gasteiger partial charge in [-0.15, -0.1) is 0 Å². The van der Waals surface area contributed by atoms with Crippen LogP contribution in [0.1, 0.15) is 25.0 Å². The van der Waals surface area contributed by atoms with Crippen molar-refractivity contribution in [1.29, 1.82) is 0 Å². The molecule has 0 spiro atoms. The molecule has 0 saturated heterocycles. The van der Waals surface area contributed by atoms with Crippen molar-refractivity contribution in [2.75, 3.05) is 0 Å². The predicted octanol–water partition coefficient (Wildman–Crippen LogP) is 4.74. The van der Waals surface area contributed by atoms with E-state index in [0.717, 1.165) is 5.56 Å². The van der Waals surface area contributed by atoms with Crippen LogP contribution in [0.25, 0.3) is 0 Å². The van der Waals surface area contributed by atoms with E-state index in [1.807, 2.05) is 44.2 Å². The van der Waals surface area contributed by atoms with Gasteiger partial charge < -0.3 is 4.74 Å². The van der Waals surface area contributed by atoms with Crippen molar-refractivity contribution in [1.82, 2.24) is 0 Å². The molecule has 0 N–H and O–H groups in total. The van der Waals surface area contributed by atoms with Crippen molar-refractivity contribution >= 4 is 0 Å². The first kappa shape index (κ1) is 14.2. The minimum Gasteiger partial charge on any atom is -0.489 e. The lowest BCUT2D eigenvalue weighted by Gasteiger charge is -2.06. The lowest BCUT2D eigenvalue weighted by molar-refractivity contribution is 0.304. The number of hydrogen-bond acceptors (Lipinski definition) is 1. The fourth-order valence-corrected chi connectivity index (χ4v) is 1.40. The summed E-state index contributed by atoms with van der Waals surface area (Å²) in [5, 5.41) is 0. The zero-order valence-corrected chi connectivity index (χ0v) is 11.1. The zero-order valence-electron chi connectivity index (χ0n) is 11.1. The highest BCUT2D eigenvalue weighted by atomic mass is 19.1. The van der Waals surface area contributed by atoms with Gasteiger partial charge in [0.1, 0.15) is 18.2 Å². The summed E-state index contributed by atoms with van der Waals surface area (Å²) in [5.41, 5.74) is 1.70. The van der Waals surface area contributed by atoms with Gasteiger partial charge >= 0.3 is 0 Å². The van der Waals surface area contributed by atoms with E-state index in [-0.39, 0.29) is 5.82 Å². The summed E-state index contributed by atoms with van der Waals surface area (Å²) in [6.07, 6.45) is 0. The average Bonchev–Trinajstić information content (AvgIpc) is 2.44. The van der Waals surface area contributed by atoms with E-state index >= 15 is 0 Å². The molecule has 18 heavy (non-hydrogen) atoms. The molecule has 0 atom stereocenters. The summed E-state index contributed by atoms with van der Waals surface area (Å²) in [7, 11) is 0. The summed E-state index contributed by atoms with van der Waals surface area (Å²) in [5.74, 6) is 0.331. The molecule has 0 bridgehead atoms. The van der Waals surface area contributed by atoms with E-state index in [1.165, 1.54) is 6.07 Å². The van der Waals surface area contributed by atoms with Crippen LogP contribution in [0, 0.1) is 12.7 Å². The van der Waals surface area contributed by atoms with E-state index in [9.17, 15) is 4.39 Å². The first-order valence-electron chi connectivity index (χ1n) is 6.18. The molecule has 2 heteroatoms. The lowest BCUT2D eigenvalue weighted by Crippen LogP contribution is -1.95. The van der Waals surface area contributed by atoms with Gasteiger partial charge in [-0.3, -0.25) is 0 Å². The fourth-order valence-electron chi connectivity index (χ4n) is 1.40. The highest BCUT2D eigenvalue weighted by Gasteiger charge is 2.00. The van der Waals surface area contributed by atoms with Crippen LogP contribution in [-0.4, -0.2) is 0 Å². The Kier molecular flexibility index (Phi) is 5.92. The molecule has 0 heterocycles. The van der Waals surface area contributed by atoms with E-state index in [0.29, 0.717) is 17.9 Å². The smallest absolute Gasteiger partial charge is 0.129 e. The van der Waals surface area contributed by atoms with Gasteiger partial charge in [0, 0.05) is 6.07 Å². The number of hydrogen-bond donors (Lipinski definition) is 0. The van der Waals surface area contributed by atoms with E-state index < -0.39 is 0 Å². The topological polar surface area (TPSA) is 9.23 Å². The number of halogens is 1. The molecule has 2 aromatic carbocycles. The standard InChI is InChI=1S/C14H13FO.C2H6/c1-11-7-8-13(9-14(11)15)16-10-12-5-3-2-4-6-12;1-2/h2-9H,10H2,1H3;1-2H3. The van der Waals surface area contributed by atoms with Crippen LogP contribution in [0.2, 0.25) is 0 Å². The summed E-state index contributed by atoms with van der Waals surface area (Å²) < 4.78 is 18.7. The van der Waals surface area contributed by atoms with Gasteiger partial charge in [-0.1, -0.05) is 50.2 Å². The lowest BCUT2D eigenvalue weighted by atomic mass is 10.2. The largest absolute Gasteiger partial charge is 0.489 e. The molecule has 0 unspecified atom stereocenters. The normalized spacial score (nSPS) is 9.33. The number of benzene rings is 2. The monoisotopic (exact) mass is 246 g/mol. The van der Waals surface area contributed by atoms with E-state index in [2.05, 4.69) is 0 Å². The Bertz CT molecular complexity index is 466. The molecule has 0 aliphatic carbocycles. The Balaban J connectivity index is 0.000000771. The van der Waals surface area contributed by atoms with E-state index in [1.54, 1.807) is 19.1 Å². The van der Waals surface area contributed by atoms with Crippen LogP contribution in [0.3, 0.4) is 0 Å². The molecule has 0 amide bonds. The maximum absolute atomic E-state index is 13.2. The van der Waals surface area contributed by atoms with Crippen LogP contribution in [0.4, 0.5) is 4.39 Å². The number of rotatable bonds is 3. The third kappa shape index (κ3) is 4.21. The van der Waals surface area contributed by atoms with Crippen molar-refractivity contribution in [2.45, 2.75) is 27.4 Å². The van der Waals surface area contributed by atoms with Gasteiger partial charge in [-0.25, -0.2) is 4.39 Å². The zero-order chi connectivity index (χ0) is 13.4. The molecule has 0 aromatic heterocycles. The van der Waals surface area contributed by atoms with Crippen LogP contribution < -0.4 is 4.74 Å². The molecular formula is C16H19FO. The third-order valence-corrected chi connectivity index (χ3v) is 2.39. The van der Waals surface area contributed by atoms with Crippen molar-refractivity contribution in [3.05, 3.63) is 65.5 Å². The maximum Gasteiger partial charge on any atom is 0.129 e. The Morgan fingerprint density at radius 3 is 2.28 bits per heavy atom. The van der Waals surface area contributed by atoms with Gasteiger partial charge in [-0.05, 0) is 24.1 Å². The van der Waals surface area contributed by atoms with Gasteiger partial charge in [0.2, 0.25) is 0 Å². The molecule has 0 aliphatic rings. The average molecular weight is 246 g/mol. The van der Waals surface area contributed by atoms with Crippen molar-refractivity contribution < 1.29 is 9.13 Å².